The van der Waals surface area contributed by atoms with E-state index in [1.165, 1.54) is 37.1 Å². The Labute approximate surface area is 136 Å². The van der Waals surface area contributed by atoms with E-state index in [9.17, 15) is 4.79 Å². The summed E-state index contributed by atoms with van der Waals surface area (Å²) >= 11 is 0. The summed E-state index contributed by atoms with van der Waals surface area (Å²) in [6.45, 7) is 4.41. The van der Waals surface area contributed by atoms with E-state index in [4.69, 9.17) is 0 Å². The Bertz CT molecular complexity index is 785. The van der Waals surface area contributed by atoms with Crippen molar-refractivity contribution in [3.63, 3.8) is 0 Å². The first kappa shape index (κ1) is 13.6. The summed E-state index contributed by atoms with van der Waals surface area (Å²) < 4.78 is 2.22. The van der Waals surface area contributed by atoms with E-state index >= 15 is 0 Å². The predicted octanol–water partition coefficient (Wildman–Crippen LogP) is 2.27. The molecule has 0 aliphatic carbocycles. The number of rotatable bonds is 1. The van der Waals surface area contributed by atoms with Crippen molar-refractivity contribution in [2.75, 3.05) is 26.2 Å². The number of hydrogen-bond acceptors (Lipinski definition) is 2. The average molecular weight is 309 g/mol. The first-order valence-corrected chi connectivity index (χ1v) is 8.83. The summed E-state index contributed by atoms with van der Waals surface area (Å²) in [6, 6.07) is 8.76. The Morgan fingerprint density at radius 1 is 1.09 bits per heavy atom. The molecule has 0 unspecified atom stereocenters. The Morgan fingerprint density at radius 3 is 2.61 bits per heavy atom. The molecule has 0 saturated carbocycles. The number of fused-ring (bicyclic) bond motifs is 6. The second-order valence-electron chi connectivity index (χ2n) is 7.35. The zero-order chi connectivity index (χ0) is 15.6. The average Bonchev–Trinajstić information content (AvgIpc) is 2.90. The molecule has 0 spiro atoms. The highest BCUT2D eigenvalue weighted by Gasteiger charge is 2.42. The lowest BCUT2D eigenvalue weighted by Crippen LogP contribution is -2.59. The highest BCUT2D eigenvalue weighted by molar-refractivity contribution is 6.09. The fourth-order valence-corrected chi connectivity index (χ4v) is 5.05. The number of benzene rings is 1. The number of aryl methyl sites for hydroxylation is 1. The number of para-hydroxylation sites is 1. The minimum absolute atomic E-state index is 0.266. The summed E-state index contributed by atoms with van der Waals surface area (Å²) in [5, 5.41) is 1.13. The Hall–Kier alpha value is -1.81. The Morgan fingerprint density at radius 2 is 1.87 bits per heavy atom. The zero-order valence-corrected chi connectivity index (χ0v) is 13.7. The molecule has 1 atom stereocenters. The van der Waals surface area contributed by atoms with Crippen molar-refractivity contribution in [3.8, 4) is 0 Å². The molecule has 4 aliphatic rings. The number of amides is 1. The molecular weight excluding hydrogens is 286 g/mol. The first-order valence-electron chi connectivity index (χ1n) is 8.83. The summed E-state index contributed by atoms with van der Waals surface area (Å²) in [7, 11) is 2.10. The van der Waals surface area contributed by atoms with Crippen LogP contribution in [0.1, 0.15) is 28.9 Å². The van der Waals surface area contributed by atoms with Crippen LogP contribution >= 0.6 is 0 Å². The van der Waals surface area contributed by atoms with E-state index in [1.807, 2.05) is 6.07 Å². The van der Waals surface area contributed by atoms with Crippen molar-refractivity contribution in [3.05, 3.63) is 35.5 Å². The standard InChI is InChI=1S/C19H23N3O/c1-20-15-5-3-2-4-14(15)18-16(20)8-11-22(19(18)23)17-12-21-9-6-13(17)7-10-21/h2-5,13,17H,6-12H2,1H3/t17-/m0/s1. The molecular formula is C19H23N3O. The molecule has 3 fully saturated rings. The van der Waals surface area contributed by atoms with Crippen molar-refractivity contribution >= 4 is 16.8 Å². The number of hydrogen-bond donors (Lipinski definition) is 0. The molecule has 1 amide bonds. The van der Waals surface area contributed by atoms with Gasteiger partial charge in [-0.15, -0.1) is 0 Å². The minimum Gasteiger partial charge on any atom is -0.347 e. The molecule has 4 heteroatoms. The quantitative estimate of drug-likeness (QED) is 0.808. The largest absolute Gasteiger partial charge is 0.347 e. The normalized spacial score (nSPS) is 30.0. The summed E-state index contributed by atoms with van der Waals surface area (Å²) in [5.41, 5.74) is 3.36. The maximum atomic E-state index is 13.3. The maximum Gasteiger partial charge on any atom is 0.256 e. The van der Waals surface area contributed by atoms with Gasteiger partial charge in [0, 0.05) is 49.2 Å². The summed E-state index contributed by atoms with van der Waals surface area (Å²) in [6.07, 6.45) is 3.50. The number of carbonyl (C=O) groups excluding carboxylic acids is 1. The van der Waals surface area contributed by atoms with Crippen LogP contribution in [0, 0.1) is 5.92 Å². The molecule has 23 heavy (non-hydrogen) atoms. The molecule has 5 heterocycles. The predicted molar refractivity (Wildman–Crippen MR) is 90.6 cm³/mol. The van der Waals surface area contributed by atoms with Gasteiger partial charge in [-0.3, -0.25) is 4.79 Å². The summed E-state index contributed by atoms with van der Waals surface area (Å²) in [4.78, 5) is 18.1. The maximum absolute atomic E-state index is 13.3. The van der Waals surface area contributed by atoms with Gasteiger partial charge in [0.25, 0.3) is 5.91 Å². The van der Waals surface area contributed by atoms with Gasteiger partial charge in [0.05, 0.1) is 5.56 Å². The van der Waals surface area contributed by atoms with Gasteiger partial charge in [0.1, 0.15) is 0 Å². The third-order valence-electron chi connectivity index (χ3n) is 6.31. The van der Waals surface area contributed by atoms with Crippen LogP contribution < -0.4 is 0 Å². The molecule has 1 aromatic carbocycles. The lowest BCUT2D eigenvalue weighted by molar-refractivity contribution is 0.00599. The van der Waals surface area contributed by atoms with Crippen LogP contribution in [-0.2, 0) is 13.5 Å². The molecule has 1 aromatic heterocycles. The molecule has 4 aliphatic heterocycles. The lowest BCUT2D eigenvalue weighted by atomic mass is 9.82. The third-order valence-corrected chi connectivity index (χ3v) is 6.31. The molecule has 0 radical (unpaired) electrons. The van der Waals surface area contributed by atoms with E-state index < -0.39 is 0 Å². The summed E-state index contributed by atoms with van der Waals surface area (Å²) in [5.74, 6) is 0.974. The van der Waals surface area contributed by atoms with Crippen molar-refractivity contribution < 1.29 is 4.79 Å². The molecule has 4 nitrogen and oxygen atoms in total. The highest BCUT2D eigenvalue weighted by Crippen LogP contribution is 2.36. The van der Waals surface area contributed by atoms with Crippen molar-refractivity contribution in [1.82, 2.24) is 14.4 Å². The monoisotopic (exact) mass is 309 g/mol. The first-order chi connectivity index (χ1) is 11.2. The van der Waals surface area contributed by atoms with Crippen molar-refractivity contribution in [2.45, 2.75) is 25.3 Å². The fraction of sp³-hybridized carbons (Fsp3) is 0.526. The Kier molecular flexibility index (Phi) is 2.87. The van der Waals surface area contributed by atoms with Gasteiger partial charge < -0.3 is 14.4 Å². The SMILES string of the molecule is Cn1c2c(c3ccccc31)C(=O)N([C@H]1CN3CCC1CC3)CC2. The number of aromatic nitrogens is 1. The van der Waals surface area contributed by atoms with Gasteiger partial charge in [0.2, 0.25) is 0 Å². The third kappa shape index (κ3) is 1.84. The van der Waals surface area contributed by atoms with Gasteiger partial charge in [0.15, 0.2) is 0 Å². The van der Waals surface area contributed by atoms with Crippen molar-refractivity contribution in [2.24, 2.45) is 13.0 Å². The fourth-order valence-electron chi connectivity index (χ4n) is 5.05. The van der Waals surface area contributed by atoms with E-state index in [-0.39, 0.29) is 5.91 Å². The van der Waals surface area contributed by atoms with Crippen molar-refractivity contribution in [1.29, 1.82) is 0 Å². The van der Waals surface area contributed by atoms with E-state index in [0.717, 1.165) is 30.5 Å². The topological polar surface area (TPSA) is 28.5 Å². The van der Waals surface area contributed by atoms with E-state index in [2.05, 4.69) is 39.6 Å². The number of carbonyl (C=O) groups is 1. The van der Waals surface area contributed by atoms with Gasteiger partial charge in [-0.1, -0.05) is 18.2 Å². The second kappa shape index (κ2) is 4.84. The van der Waals surface area contributed by atoms with Crippen LogP contribution in [0.4, 0.5) is 0 Å². The second-order valence-corrected chi connectivity index (χ2v) is 7.35. The number of piperidine rings is 3. The van der Waals surface area contributed by atoms with Gasteiger partial charge in [-0.2, -0.15) is 0 Å². The van der Waals surface area contributed by atoms with E-state index in [0.29, 0.717) is 12.0 Å². The molecule has 2 aromatic rings. The van der Waals surface area contributed by atoms with Crippen LogP contribution in [0.3, 0.4) is 0 Å². The van der Waals surface area contributed by atoms with Gasteiger partial charge >= 0.3 is 0 Å². The van der Waals surface area contributed by atoms with Crippen LogP contribution in [0.5, 0.6) is 0 Å². The van der Waals surface area contributed by atoms with Crippen LogP contribution in [0.25, 0.3) is 10.9 Å². The van der Waals surface area contributed by atoms with Gasteiger partial charge in [-0.05, 0) is 37.9 Å². The van der Waals surface area contributed by atoms with Crippen LogP contribution in [-0.4, -0.2) is 52.5 Å². The molecule has 120 valence electrons. The molecule has 3 saturated heterocycles. The van der Waals surface area contributed by atoms with Crippen LogP contribution in [0.2, 0.25) is 0 Å². The molecule has 0 N–H and O–H groups in total. The molecule has 2 bridgehead atoms. The molecule has 6 rings (SSSR count). The van der Waals surface area contributed by atoms with E-state index in [1.54, 1.807) is 0 Å². The smallest absolute Gasteiger partial charge is 0.256 e. The lowest BCUT2D eigenvalue weighted by Gasteiger charge is -2.49. The minimum atomic E-state index is 0.266. The zero-order valence-electron chi connectivity index (χ0n) is 13.7. The highest BCUT2D eigenvalue weighted by atomic mass is 16.2. The van der Waals surface area contributed by atoms with Crippen LogP contribution in [0.15, 0.2) is 24.3 Å². The van der Waals surface area contributed by atoms with Gasteiger partial charge in [-0.25, -0.2) is 0 Å². The number of nitrogens with zero attached hydrogens (tertiary/aromatic N) is 3. The Balaban J connectivity index is 1.57.